The van der Waals surface area contributed by atoms with Gasteiger partial charge in [-0.2, -0.15) is 0 Å². The smallest absolute Gasteiger partial charge is 0.315 e. The lowest BCUT2D eigenvalue weighted by molar-refractivity contribution is 0.188. The van der Waals surface area contributed by atoms with E-state index in [0.717, 1.165) is 12.8 Å². The molecule has 35 heavy (non-hydrogen) atoms. The molecule has 1 atom stereocenters. The van der Waals surface area contributed by atoms with Gasteiger partial charge in [-0.3, -0.25) is 9.36 Å². The molecule has 0 bridgehead atoms. The summed E-state index contributed by atoms with van der Waals surface area (Å²) < 4.78 is 15.2. The highest BCUT2D eigenvalue weighted by atomic mass is 35.5. The number of carbonyl (C=O) groups excluding carboxylic acids is 1. The largest absolute Gasteiger partial charge is 0.322 e. The monoisotopic (exact) mass is 492 g/mol. The third kappa shape index (κ3) is 5.35. The van der Waals surface area contributed by atoms with E-state index in [0.29, 0.717) is 39.7 Å². The maximum Gasteiger partial charge on any atom is 0.322 e. The molecule has 0 fully saturated rings. The van der Waals surface area contributed by atoms with Crippen molar-refractivity contribution < 1.29 is 9.18 Å². The summed E-state index contributed by atoms with van der Waals surface area (Å²) in [6.07, 6.45) is 1.61. The maximum absolute atomic E-state index is 13.7. The Morgan fingerprint density at radius 2 is 1.89 bits per heavy atom. The van der Waals surface area contributed by atoms with Gasteiger partial charge in [0, 0.05) is 17.3 Å². The number of nitrogens with zero attached hydrogens (tertiary/aromatic N) is 3. The molecule has 4 aromatic rings. The molecule has 0 saturated carbocycles. The standard InChI is InChI=1S/C27H26ClFN4O2/c1-3-4-15-32(27(35)30-21-11-8-10-20(29)17-21)18(2)25-31-24-14-6-5-13-23(24)26(34)33(25)22-12-7-9-19(28)16-22/h5-14,16-18H,3-4,15H2,1-2H3,(H,30,35). The van der Waals surface area contributed by atoms with Crippen molar-refractivity contribution in [2.45, 2.75) is 32.7 Å². The van der Waals surface area contributed by atoms with E-state index in [1.807, 2.05) is 19.9 Å². The fourth-order valence-corrected chi connectivity index (χ4v) is 4.18. The van der Waals surface area contributed by atoms with Crippen LogP contribution in [0.2, 0.25) is 5.02 Å². The quantitative estimate of drug-likeness (QED) is 0.317. The molecule has 0 aliphatic heterocycles. The molecule has 0 aliphatic rings. The SMILES string of the molecule is CCCCN(C(=O)Nc1cccc(F)c1)C(C)c1nc2ccccc2c(=O)n1-c1cccc(Cl)c1. The second-order valence-electron chi connectivity index (χ2n) is 8.27. The summed E-state index contributed by atoms with van der Waals surface area (Å²) in [4.78, 5) is 33.4. The minimum atomic E-state index is -0.577. The highest BCUT2D eigenvalue weighted by molar-refractivity contribution is 6.30. The summed E-state index contributed by atoms with van der Waals surface area (Å²) in [5.74, 6) is -0.0385. The topological polar surface area (TPSA) is 67.2 Å². The number of hydrogen-bond acceptors (Lipinski definition) is 3. The number of halogens is 2. The summed E-state index contributed by atoms with van der Waals surface area (Å²) in [6, 6.07) is 18.8. The summed E-state index contributed by atoms with van der Waals surface area (Å²) in [5, 5.41) is 3.72. The van der Waals surface area contributed by atoms with E-state index in [1.54, 1.807) is 53.4 Å². The lowest BCUT2D eigenvalue weighted by atomic mass is 10.1. The number of urea groups is 1. The zero-order valence-corrected chi connectivity index (χ0v) is 20.3. The first-order valence-electron chi connectivity index (χ1n) is 11.5. The van der Waals surface area contributed by atoms with Gasteiger partial charge in [0.25, 0.3) is 5.56 Å². The van der Waals surface area contributed by atoms with E-state index in [2.05, 4.69) is 5.32 Å². The molecule has 180 valence electrons. The second-order valence-corrected chi connectivity index (χ2v) is 8.71. The van der Waals surface area contributed by atoms with Crippen LogP contribution in [0.5, 0.6) is 0 Å². The van der Waals surface area contributed by atoms with Gasteiger partial charge in [0.15, 0.2) is 0 Å². The molecule has 8 heteroatoms. The Kier molecular flexibility index (Phi) is 7.46. The van der Waals surface area contributed by atoms with Crippen LogP contribution in [0.1, 0.15) is 38.6 Å². The first-order chi connectivity index (χ1) is 16.9. The summed E-state index contributed by atoms with van der Waals surface area (Å²) in [6.45, 7) is 4.29. The van der Waals surface area contributed by atoms with Crippen molar-refractivity contribution in [3.8, 4) is 5.69 Å². The second kappa shape index (κ2) is 10.7. The molecule has 0 spiro atoms. The van der Waals surface area contributed by atoms with Crippen LogP contribution >= 0.6 is 11.6 Å². The molecule has 0 radical (unpaired) electrons. The highest BCUT2D eigenvalue weighted by Gasteiger charge is 2.27. The molecule has 1 unspecified atom stereocenters. The Balaban J connectivity index is 1.83. The Morgan fingerprint density at radius 1 is 1.11 bits per heavy atom. The van der Waals surface area contributed by atoms with E-state index in [4.69, 9.17) is 16.6 Å². The van der Waals surface area contributed by atoms with Crippen molar-refractivity contribution in [2.75, 3.05) is 11.9 Å². The minimum absolute atomic E-state index is 0.249. The minimum Gasteiger partial charge on any atom is -0.315 e. The van der Waals surface area contributed by atoms with Crippen LogP contribution in [0.3, 0.4) is 0 Å². The van der Waals surface area contributed by atoms with Gasteiger partial charge in [-0.25, -0.2) is 14.2 Å². The van der Waals surface area contributed by atoms with Crippen molar-refractivity contribution in [3.05, 3.63) is 99.8 Å². The fraction of sp³-hybridized carbons (Fsp3) is 0.222. The molecule has 3 aromatic carbocycles. The van der Waals surface area contributed by atoms with Crippen molar-refractivity contribution in [1.29, 1.82) is 0 Å². The Labute approximate surface area is 208 Å². The zero-order valence-electron chi connectivity index (χ0n) is 19.5. The van der Waals surface area contributed by atoms with Gasteiger partial charge in [-0.15, -0.1) is 0 Å². The molecule has 4 rings (SSSR count). The molecular weight excluding hydrogens is 467 g/mol. The van der Waals surface area contributed by atoms with Crippen molar-refractivity contribution in [1.82, 2.24) is 14.5 Å². The number of unbranched alkanes of at least 4 members (excludes halogenated alkanes) is 1. The molecule has 1 heterocycles. The average Bonchev–Trinajstić information content (AvgIpc) is 2.84. The predicted octanol–water partition coefficient (Wildman–Crippen LogP) is 6.57. The zero-order chi connectivity index (χ0) is 24.9. The lowest BCUT2D eigenvalue weighted by Gasteiger charge is -2.30. The van der Waals surface area contributed by atoms with Crippen molar-refractivity contribution >= 4 is 34.2 Å². The highest BCUT2D eigenvalue weighted by Crippen LogP contribution is 2.25. The normalized spacial score (nSPS) is 11.9. The van der Waals surface area contributed by atoms with E-state index >= 15 is 0 Å². The summed E-state index contributed by atoms with van der Waals surface area (Å²) in [7, 11) is 0. The molecule has 1 N–H and O–H groups in total. The first kappa shape index (κ1) is 24.4. The average molecular weight is 493 g/mol. The number of benzene rings is 3. The van der Waals surface area contributed by atoms with Crippen LogP contribution in [0.25, 0.3) is 16.6 Å². The first-order valence-corrected chi connectivity index (χ1v) is 11.9. The van der Waals surface area contributed by atoms with Crippen LogP contribution < -0.4 is 10.9 Å². The Hall–Kier alpha value is -3.71. The summed E-state index contributed by atoms with van der Waals surface area (Å²) >= 11 is 6.24. The number of amides is 2. The number of nitrogens with one attached hydrogen (secondary N) is 1. The molecular formula is C27H26ClFN4O2. The lowest BCUT2D eigenvalue weighted by Crippen LogP contribution is -2.40. The number of fused-ring (bicyclic) bond motifs is 1. The van der Waals surface area contributed by atoms with Gasteiger partial charge in [-0.1, -0.05) is 49.2 Å². The van der Waals surface area contributed by atoms with Crippen LogP contribution in [-0.4, -0.2) is 27.0 Å². The number of hydrogen-bond donors (Lipinski definition) is 1. The molecule has 1 aromatic heterocycles. The Bertz CT molecular complexity index is 1420. The van der Waals surface area contributed by atoms with Crippen LogP contribution in [-0.2, 0) is 0 Å². The summed E-state index contributed by atoms with van der Waals surface area (Å²) in [5.41, 5.74) is 1.20. The van der Waals surface area contributed by atoms with Gasteiger partial charge in [0.05, 0.1) is 22.6 Å². The van der Waals surface area contributed by atoms with Crippen molar-refractivity contribution in [2.24, 2.45) is 0 Å². The third-order valence-electron chi connectivity index (χ3n) is 5.80. The van der Waals surface area contributed by atoms with E-state index < -0.39 is 17.9 Å². The van der Waals surface area contributed by atoms with E-state index in [1.165, 1.54) is 22.8 Å². The predicted molar refractivity (Wildman–Crippen MR) is 138 cm³/mol. The molecule has 0 aliphatic carbocycles. The van der Waals surface area contributed by atoms with Gasteiger partial charge in [-0.05, 0) is 61.9 Å². The number of para-hydroxylation sites is 1. The van der Waals surface area contributed by atoms with Gasteiger partial charge < -0.3 is 10.2 Å². The molecule has 6 nitrogen and oxygen atoms in total. The maximum atomic E-state index is 13.7. The Morgan fingerprint density at radius 3 is 2.63 bits per heavy atom. The van der Waals surface area contributed by atoms with Crippen LogP contribution in [0.15, 0.2) is 77.6 Å². The van der Waals surface area contributed by atoms with E-state index in [-0.39, 0.29) is 5.56 Å². The van der Waals surface area contributed by atoms with Gasteiger partial charge in [0.1, 0.15) is 11.6 Å². The van der Waals surface area contributed by atoms with Gasteiger partial charge >= 0.3 is 6.03 Å². The molecule has 0 saturated heterocycles. The van der Waals surface area contributed by atoms with Crippen LogP contribution in [0, 0.1) is 5.82 Å². The van der Waals surface area contributed by atoms with Gasteiger partial charge in [0.2, 0.25) is 0 Å². The number of anilines is 1. The fourth-order valence-electron chi connectivity index (χ4n) is 4.00. The number of carbonyl (C=O) groups is 1. The number of aromatic nitrogens is 2. The van der Waals surface area contributed by atoms with Crippen LogP contribution in [0.4, 0.5) is 14.9 Å². The third-order valence-corrected chi connectivity index (χ3v) is 6.03. The molecule has 2 amide bonds. The number of rotatable bonds is 7. The van der Waals surface area contributed by atoms with E-state index in [9.17, 15) is 14.0 Å². The van der Waals surface area contributed by atoms with Crippen molar-refractivity contribution in [3.63, 3.8) is 0 Å².